The van der Waals surface area contributed by atoms with Gasteiger partial charge in [-0.25, -0.2) is 0 Å². The molecule has 2 rings (SSSR count). The molecule has 20 heavy (non-hydrogen) atoms. The predicted octanol–water partition coefficient (Wildman–Crippen LogP) is 3.64. The largest absolute Gasteiger partial charge is 0.311 e. The van der Waals surface area contributed by atoms with Gasteiger partial charge < -0.3 is 5.32 Å². The van der Waals surface area contributed by atoms with Gasteiger partial charge in [0.05, 0.1) is 12.1 Å². The Kier molecular flexibility index (Phi) is 5.33. The minimum atomic E-state index is 0.281. The molecule has 0 aromatic heterocycles. The van der Waals surface area contributed by atoms with Crippen molar-refractivity contribution in [3.05, 3.63) is 71.8 Å². The Labute approximate surface area is 122 Å². The van der Waals surface area contributed by atoms with E-state index in [1.54, 1.807) is 0 Å². The number of rotatable bonds is 6. The molecule has 106 valence electrons. The summed E-state index contributed by atoms with van der Waals surface area (Å²) >= 11 is 0. The summed E-state index contributed by atoms with van der Waals surface area (Å²) in [5.41, 5.74) is 2.67. The van der Waals surface area contributed by atoms with Crippen LogP contribution in [-0.2, 0) is 0 Å². The topological polar surface area (TPSA) is 15.3 Å². The van der Waals surface area contributed by atoms with E-state index >= 15 is 0 Å². The molecule has 0 saturated carbocycles. The lowest BCUT2D eigenvalue weighted by atomic mass is 9.92. The average molecular weight is 268 g/mol. The Balaban J connectivity index is 2.39. The fourth-order valence-electron chi connectivity index (χ4n) is 2.72. The molecule has 0 bridgehead atoms. The third kappa shape index (κ3) is 3.27. The van der Waals surface area contributed by atoms with Crippen LogP contribution in [0.1, 0.15) is 30.1 Å². The van der Waals surface area contributed by atoms with Gasteiger partial charge in [0.15, 0.2) is 0 Å². The zero-order valence-electron chi connectivity index (χ0n) is 12.6. The van der Waals surface area contributed by atoms with E-state index in [-0.39, 0.29) is 6.04 Å². The van der Waals surface area contributed by atoms with Crippen molar-refractivity contribution in [2.24, 2.45) is 0 Å². The second-order valence-corrected chi connectivity index (χ2v) is 5.11. The molecule has 2 heteroatoms. The Bertz CT molecular complexity index is 495. The van der Waals surface area contributed by atoms with Crippen LogP contribution in [0.25, 0.3) is 0 Å². The third-order valence-electron chi connectivity index (χ3n) is 3.90. The molecule has 1 N–H and O–H groups in total. The normalized spacial score (nSPS) is 14.2. The van der Waals surface area contributed by atoms with Crippen LogP contribution in [0.2, 0.25) is 0 Å². The molecule has 2 unspecified atom stereocenters. The number of nitrogens with zero attached hydrogens (tertiary/aromatic N) is 1. The summed E-state index contributed by atoms with van der Waals surface area (Å²) in [6, 6.07) is 22.0. The number of hydrogen-bond acceptors (Lipinski definition) is 2. The van der Waals surface area contributed by atoms with Gasteiger partial charge in [0.2, 0.25) is 0 Å². The van der Waals surface area contributed by atoms with Crippen LogP contribution in [0.5, 0.6) is 0 Å². The fraction of sp³-hybridized carbons (Fsp3) is 0.333. The molecule has 0 aliphatic carbocycles. The minimum Gasteiger partial charge on any atom is -0.311 e. The first kappa shape index (κ1) is 14.8. The highest BCUT2D eigenvalue weighted by Gasteiger charge is 2.26. The number of benzene rings is 2. The van der Waals surface area contributed by atoms with Crippen LogP contribution in [0.3, 0.4) is 0 Å². The van der Waals surface area contributed by atoms with E-state index in [0.717, 1.165) is 6.54 Å². The Morgan fingerprint density at radius 1 is 0.900 bits per heavy atom. The van der Waals surface area contributed by atoms with Gasteiger partial charge in [0.1, 0.15) is 0 Å². The summed E-state index contributed by atoms with van der Waals surface area (Å²) in [7, 11) is 4.22. The van der Waals surface area contributed by atoms with Crippen LogP contribution in [0.4, 0.5) is 0 Å². The summed E-state index contributed by atoms with van der Waals surface area (Å²) < 4.78 is 0. The predicted molar refractivity (Wildman–Crippen MR) is 85.7 cm³/mol. The molecule has 0 aliphatic heterocycles. The molecule has 0 saturated heterocycles. The van der Waals surface area contributed by atoms with E-state index in [1.807, 2.05) is 7.05 Å². The van der Waals surface area contributed by atoms with Crippen molar-refractivity contribution in [1.29, 1.82) is 0 Å². The van der Waals surface area contributed by atoms with E-state index in [2.05, 4.69) is 84.9 Å². The van der Waals surface area contributed by atoms with Crippen molar-refractivity contribution in [2.75, 3.05) is 20.6 Å². The number of hydrogen-bond donors (Lipinski definition) is 1. The van der Waals surface area contributed by atoms with Crippen molar-refractivity contribution < 1.29 is 0 Å². The zero-order valence-corrected chi connectivity index (χ0v) is 12.6. The molecule has 2 aromatic rings. The minimum absolute atomic E-state index is 0.281. The summed E-state index contributed by atoms with van der Waals surface area (Å²) in [4.78, 5) is 2.39. The lowest BCUT2D eigenvalue weighted by Gasteiger charge is -2.34. The lowest BCUT2D eigenvalue weighted by Crippen LogP contribution is -2.35. The van der Waals surface area contributed by atoms with Gasteiger partial charge in [-0.1, -0.05) is 67.6 Å². The second-order valence-electron chi connectivity index (χ2n) is 5.11. The standard InChI is InChI=1S/C18H24N2/c1-4-20(3)18(16-13-9-6-10-14-16)17(19-2)15-11-7-5-8-12-15/h5-14,17-19H,4H2,1-3H3. The van der Waals surface area contributed by atoms with Crippen LogP contribution in [-0.4, -0.2) is 25.5 Å². The number of nitrogens with one attached hydrogen (secondary N) is 1. The smallest absolute Gasteiger partial charge is 0.0540 e. The molecular formula is C18H24N2. The molecule has 0 heterocycles. The maximum Gasteiger partial charge on any atom is 0.0540 e. The quantitative estimate of drug-likeness (QED) is 0.860. The van der Waals surface area contributed by atoms with Gasteiger partial charge in [-0.2, -0.15) is 0 Å². The van der Waals surface area contributed by atoms with E-state index in [4.69, 9.17) is 0 Å². The van der Waals surface area contributed by atoms with Crippen molar-refractivity contribution in [3.63, 3.8) is 0 Å². The van der Waals surface area contributed by atoms with Crippen LogP contribution < -0.4 is 5.32 Å². The van der Waals surface area contributed by atoms with Crippen molar-refractivity contribution >= 4 is 0 Å². The van der Waals surface area contributed by atoms with E-state index in [9.17, 15) is 0 Å². The molecule has 2 nitrogen and oxygen atoms in total. The fourth-order valence-corrected chi connectivity index (χ4v) is 2.72. The van der Waals surface area contributed by atoms with Gasteiger partial charge in [-0.15, -0.1) is 0 Å². The van der Waals surface area contributed by atoms with Gasteiger partial charge in [0.25, 0.3) is 0 Å². The molecule has 0 aliphatic rings. The Hall–Kier alpha value is -1.64. The van der Waals surface area contributed by atoms with Crippen LogP contribution in [0, 0.1) is 0 Å². The SMILES string of the molecule is CCN(C)C(c1ccccc1)C(NC)c1ccccc1. The maximum absolute atomic E-state index is 3.49. The first-order valence-corrected chi connectivity index (χ1v) is 7.25. The highest BCUT2D eigenvalue weighted by atomic mass is 15.2. The zero-order chi connectivity index (χ0) is 14.4. The summed E-state index contributed by atoms with van der Waals surface area (Å²) in [6.45, 7) is 3.22. The molecule has 0 amide bonds. The van der Waals surface area contributed by atoms with Crippen molar-refractivity contribution in [3.8, 4) is 0 Å². The molecule has 0 spiro atoms. The second kappa shape index (κ2) is 7.22. The van der Waals surface area contributed by atoms with E-state index in [0.29, 0.717) is 6.04 Å². The van der Waals surface area contributed by atoms with Gasteiger partial charge in [-0.05, 0) is 31.8 Å². The Morgan fingerprint density at radius 3 is 1.85 bits per heavy atom. The van der Waals surface area contributed by atoms with Crippen molar-refractivity contribution in [2.45, 2.75) is 19.0 Å². The van der Waals surface area contributed by atoms with Crippen LogP contribution in [0.15, 0.2) is 60.7 Å². The van der Waals surface area contributed by atoms with Gasteiger partial charge in [0, 0.05) is 0 Å². The summed E-state index contributed by atoms with van der Waals surface area (Å²) in [5.74, 6) is 0. The third-order valence-corrected chi connectivity index (χ3v) is 3.90. The van der Waals surface area contributed by atoms with Gasteiger partial charge >= 0.3 is 0 Å². The first-order chi connectivity index (χ1) is 9.77. The lowest BCUT2D eigenvalue weighted by molar-refractivity contribution is 0.207. The molecular weight excluding hydrogens is 244 g/mol. The van der Waals surface area contributed by atoms with Crippen molar-refractivity contribution in [1.82, 2.24) is 10.2 Å². The monoisotopic (exact) mass is 268 g/mol. The highest BCUT2D eigenvalue weighted by molar-refractivity contribution is 5.27. The number of likely N-dealkylation sites (N-methyl/N-ethyl adjacent to an activating group) is 2. The van der Waals surface area contributed by atoms with E-state index in [1.165, 1.54) is 11.1 Å². The first-order valence-electron chi connectivity index (χ1n) is 7.25. The van der Waals surface area contributed by atoms with Crippen LogP contribution >= 0.6 is 0 Å². The van der Waals surface area contributed by atoms with E-state index < -0.39 is 0 Å². The molecule has 2 aromatic carbocycles. The average Bonchev–Trinajstić information content (AvgIpc) is 2.53. The summed E-state index contributed by atoms with van der Waals surface area (Å²) in [6.07, 6.45) is 0. The summed E-state index contributed by atoms with van der Waals surface area (Å²) in [5, 5.41) is 3.49. The van der Waals surface area contributed by atoms with Gasteiger partial charge in [-0.3, -0.25) is 4.90 Å². The Morgan fingerprint density at radius 2 is 1.40 bits per heavy atom. The maximum atomic E-state index is 3.49. The highest BCUT2D eigenvalue weighted by Crippen LogP contribution is 2.32. The molecule has 2 atom stereocenters. The molecule has 0 fully saturated rings. The molecule has 0 radical (unpaired) electrons.